The van der Waals surface area contributed by atoms with Gasteiger partial charge in [-0.1, -0.05) is 6.08 Å². The molecule has 1 aromatic rings. The Morgan fingerprint density at radius 1 is 1.85 bits per heavy atom. The average molecular weight is 200 g/mol. The van der Waals surface area contributed by atoms with Crippen molar-refractivity contribution >= 4 is 17.5 Å². The molecule has 70 valence electrons. The number of halogens is 1. The minimum atomic E-state index is -0.168. The van der Waals surface area contributed by atoms with Crippen LogP contribution >= 0.6 is 11.6 Å². The van der Waals surface area contributed by atoms with Crippen molar-refractivity contribution in [3.05, 3.63) is 35.8 Å². The van der Waals surface area contributed by atoms with Crippen LogP contribution in [0.2, 0.25) is 5.22 Å². The number of furan rings is 1. The third kappa shape index (κ3) is 2.12. The normalized spacial score (nSPS) is 9.69. The van der Waals surface area contributed by atoms with Gasteiger partial charge in [-0.3, -0.25) is 4.79 Å². The van der Waals surface area contributed by atoms with E-state index in [0.717, 1.165) is 0 Å². The van der Waals surface area contributed by atoms with E-state index in [0.29, 0.717) is 12.1 Å². The highest BCUT2D eigenvalue weighted by atomic mass is 35.5. The van der Waals surface area contributed by atoms with Crippen molar-refractivity contribution in [2.75, 3.05) is 13.6 Å². The molecule has 4 heteroatoms. The lowest BCUT2D eigenvalue weighted by molar-refractivity contribution is 0.0810. The first kappa shape index (κ1) is 9.86. The molecule has 1 heterocycles. The van der Waals surface area contributed by atoms with Gasteiger partial charge in [0.1, 0.15) is 0 Å². The van der Waals surface area contributed by atoms with Crippen molar-refractivity contribution in [1.29, 1.82) is 0 Å². The van der Waals surface area contributed by atoms with Crippen molar-refractivity contribution in [3.63, 3.8) is 0 Å². The Morgan fingerprint density at radius 2 is 2.54 bits per heavy atom. The van der Waals surface area contributed by atoms with E-state index in [9.17, 15) is 4.79 Å². The predicted molar refractivity (Wildman–Crippen MR) is 50.9 cm³/mol. The van der Waals surface area contributed by atoms with E-state index in [-0.39, 0.29) is 11.1 Å². The molecular formula is C9H10ClNO2. The monoisotopic (exact) mass is 199 g/mol. The highest BCUT2D eigenvalue weighted by Crippen LogP contribution is 2.17. The van der Waals surface area contributed by atoms with Crippen LogP contribution in [0.5, 0.6) is 0 Å². The first-order valence-electron chi connectivity index (χ1n) is 3.76. The fraction of sp³-hybridized carbons (Fsp3) is 0.222. The summed E-state index contributed by atoms with van der Waals surface area (Å²) < 4.78 is 4.81. The number of carbonyl (C=O) groups is 1. The summed E-state index contributed by atoms with van der Waals surface area (Å²) in [5.41, 5.74) is 0.381. The average Bonchev–Trinajstić information content (AvgIpc) is 2.50. The van der Waals surface area contributed by atoms with E-state index >= 15 is 0 Å². The van der Waals surface area contributed by atoms with Gasteiger partial charge in [-0.2, -0.15) is 0 Å². The maximum Gasteiger partial charge on any atom is 0.258 e. The van der Waals surface area contributed by atoms with Gasteiger partial charge >= 0.3 is 0 Å². The number of hydrogen-bond donors (Lipinski definition) is 0. The predicted octanol–water partition coefficient (Wildman–Crippen LogP) is 2.19. The first-order valence-corrected chi connectivity index (χ1v) is 4.14. The van der Waals surface area contributed by atoms with Gasteiger partial charge in [0.2, 0.25) is 5.22 Å². The summed E-state index contributed by atoms with van der Waals surface area (Å²) in [6.07, 6.45) is 3.03. The molecule has 0 aliphatic rings. The van der Waals surface area contributed by atoms with Gasteiger partial charge in [0.25, 0.3) is 5.91 Å². The zero-order valence-corrected chi connectivity index (χ0v) is 8.04. The molecule has 1 aromatic heterocycles. The second-order valence-corrected chi connectivity index (χ2v) is 2.93. The summed E-state index contributed by atoms with van der Waals surface area (Å²) in [7, 11) is 1.67. The number of rotatable bonds is 3. The van der Waals surface area contributed by atoms with Crippen LogP contribution in [0.3, 0.4) is 0 Å². The number of nitrogens with zero attached hydrogens (tertiary/aromatic N) is 1. The van der Waals surface area contributed by atoms with E-state index in [1.807, 2.05) is 0 Å². The molecule has 0 atom stereocenters. The van der Waals surface area contributed by atoms with Gasteiger partial charge < -0.3 is 9.32 Å². The van der Waals surface area contributed by atoms with Gasteiger partial charge in [-0.05, 0) is 17.7 Å². The number of likely N-dealkylation sites (N-methyl/N-ethyl adjacent to an activating group) is 1. The maximum atomic E-state index is 11.6. The summed E-state index contributed by atoms with van der Waals surface area (Å²) in [4.78, 5) is 13.1. The topological polar surface area (TPSA) is 33.5 Å². The van der Waals surface area contributed by atoms with Gasteiger partial charge in [0.15, 0.2) is 0 Å². The zero-order chi connectivity index (χ0) is 9.84. The SMILES string of the molecule is C=CCN(C)C(=O)c1ccoc1Cl. The molecule has 13 heavy (non-hydrogen) atoms. The lowest BCUT2D eigenvalue weighted by Gasteiger charge is -2.13. The van der Waals surface area contributed by atoms with Crippen LogP contribution in [0, 0.1) is 0 Å². The summed E-state index contributed by atoms with van der Waals surface area (Å²) in [5.74, 6) is -0.168. The Morgan fingerprint density at radius 3 is 3.00 bits per heavy atom. The zero-order valence-electron chi connectivity index (χ0n) is 7.29. The van der Waals surface area contributed by atoms with Gasteiger partial charge in [-0.15, -0.1) is 6.58 Å². The highest BCUT2D eigenvalue weighted by Gasteiger charge is 2.15. The van der Waals surface area contributed by atoms with Crippen LogP contribution < -0.4 is 0 Å². The van der Waals surface area contributed by atoms with Crippen LogP contribution in [0.4, 0.5) is 0 Å². The van der Waals surface area contributed by atoms with Gasteiger partial charge in [-0.25, -0.2) is 0 Å². The Kier molecular flexibility index (Phi) is 3.14. The molecule has 0 aliphatic heterocycles. The highest BCUT2D eigenvalue weighted by molar-refractivity contribution is 6.32. The molecule has 0 N–H and O–H groups in total. The second-order valence-electron chi connectivity index (χ2n) is 2.58. The van der Waals surface area contributed by atoms with Crippen LogP contribution in [0.15, 0.2) is 29.4 Å². The Labute approximate surface area is 81.6 Å². The minimum absolute atomic E-state index is 0.126. The van der Waals surface area contributed by atoms with E-state index in [1.165, 1.54) is 11.2 Å². The molecule has 0 aliphatic carbocycles. The van der Waals surface area contributed by atoms with Gasteiger partial charge in [0.05, 0.1) is 11.8 Å². The fourth-order valence-electron chi connectivity index (χ4n) is 0.928. The molecule has 1 amide bonds. The van der Waals surface area contributed by atoms with Crippen molar-refractivity contribution in [3.8, 4) is 0 Å². The van der Waals surface area contributed by atoms with Crippen LogP contribution in [0.25, 0.3) is 0 Å². The molecule has 0 radical (unpaired) electrons. The molecule has 0 bridgehead atoms. The summed E-state index contributed by atoms with van der Waals surface area (Å²) >= 11 is 5.64. The van der Waals surface area contributed by atoms with Crippen LogP contribution in [0.1, 0.15) is 10.4 Å². The minimum Gasteiger partial charge on any atom is -0.452 e. The standard InChI is InChI=1S/C9H10ClNO2/c1-3-5-11(2)9(12)7-4-6-13-8(7)10/h3-4,6H,1,5H2,2H3. The fourth-order valence-corrected chi connectivity index (χ4v) is 1.12. The van der Waals surface area contributed by atoms with E-state index in [1.54, 1.807) is 19.2 Å². The number of amides is 1. The first-order chi connectivity index (χ1) is 6.16. The molecule has 0 saturated heterocycles. The van der Waals surface area contributed by atoms with Crippen molar-refractivity contribution < 1.29 is 9.21 Å². The lowest BCUT2D eigenvalue weighted by atomic mass is 10.3. The summed E-state index contributed by atoms with van der Waals surface area (Å²) in [6.45, 7) is 4.02. The summed E-state index contributed by atoms with van der Waals surface area (Å²) in [5, 5.41) is 0.126. The Hall–Kier alpha value is -1.22. The Balaban J connectivity index is 2.79. The van der Waals surface area contributed by atoms with Crippen molar-refractivity contribution in [1.82, 2.24) is 4.90 Å². The third-order valence-corrected chi connectivity index (χ3v) is 1.89. The molecule has 0 spiro atoms. The molecule has 0 unspecified atom stereocenters. The lowest BCUT2D eigenvalue weighted by Crippen LogP contribution is -2.26. The van der Waals surface area contributed by atoms with Crippen molar-refractivity contribution in [2.24, 2.45) is 0 Å². The van der Waals surface area contributed by atoms with Crippen LogP contribution in [-0.2, 0) is 0 Å². The molecular weight excluding hydrogens is 190 g/mol. The maximum absolute atomic E-state index is 11.6. The smallest absolute Gasteiger partial charge is 0.258 e. The largest absolute Gasteiger partial charge is 0.452 e. The van der Waals surface area contributed by atoms with E-state index in [4.69, 9.17) is 16.0 Å². The number of carbonyl (C=O) groups excluding carboxylic acids is 1. The Bertz CT molecular complexity index is 319. The van der Waals surface area contributed by atoms with Gasteiger partial charge in [0, 0.05) is 13.6 Å². The third-order valence-electron chi connectivity index (χ3n) is 1.60. The van der Waals surface area contributed by atoms with Crippen molar-refractivity contribution in [2.45, 2.75) is 0 Å². The van der Waals surface area contributed by atoms with Crippen LogP contribution in [-0.4, -0.2) is 24.4 Å². The summed E-state index contributed by atoms with van der Waals surface area (Å²) in [6, 6.07) is 1.55. The van der Waals surface area contributed by atoms with E-state index < -0.39 is 0 Å². The number of hydrogen-bond acceptors (Lipinski definition) is 2. The molecule has 0 saturated carbocycles. The molecule has 0 fully saturated rings. The van der Waals surface area contributed by atoms with E-state index in [2.05, 4.69) is 6.58 Å². The molecule has 1 rings (SSSR count). The second kappa shape index (κ2) is 4.14. The molecule has 0 aromatic carbocycles. The molecule has 3 nitrogen and oxygen atoms in total. The quantitative estimate of drug-likeness (QED) is 0.700.